The van der Waals surface area contributed by atoms with Gasteiger partial charge in [0, 0.05) is 25.3 Å². The molecule has 2 rings (SSSR count). The molecule has 1 aliphatic heterocycles. The van der Waals surface area contributed by atoms with Crippen LogP contribution in [0.3, 0.4) is 0 Å². The van der Waals surface area contributed by atoms with Crippen molar-refractivity contribution in [3.63, 3.8) is 0 Å². The smallest absolute Gasteiger partial charge is 0.230 e. The van der Waals surface area contributed by atoms with Crippen LogP contribution in [0.25, 0.3) is 0 Å². The number of nitrogens with zero attached hydrogens (tertiary/aromatic N) is 1. The molecule has 0 saturated carbocycles. The van der Waals surface area contributed by atoms with Gasteiger partial charge in [-0.1, -0.05) is 18.2 Å². The van der Waals surface area contributed by atoms with Crippen molar-refractivity contribution in [2.24, 2.45) is 0 Å². The van der Waals surface area contributed by atoms with Gasteiger partial charge >= 0.3 is 0 Å². The van der Waals surface area contributed by atoms with Gasteiger partial charge in [-0.25, -0.2) is 0 Å². The van der Waals surface area contributed by atoms with Gasteiger partial charge in [-0.15, -0.1) is 0 Å². The van der Waals surface area contributed by atoms with Crippen molar-refractivity contribution in [3.05, 3.63) is 29.8 Å². The number of benzene rings is 1. The molecule has 1 aliphatic rings. The van der Waals surface area contributed by atoms with E-state index in [0.29, 0.717) is 6.04 Å². The lowest BCUT2D eigenvalue weighted by Crippen LogP contribution is -2.37. The number of amides is 1. The molecular formula is C14H20N2O. The Bertz CT molecular complexity index is 416. The standard InChI is InChI=1S/C14H20N2O/c1-4-16(3)14(17)12-9-10(2)15-13-8-6-5-7-11(12)13/h5-8,10,12,15H,4,9H2,1-3H3. The summed E-state index contributed by atoms with van der Waals surface area (Å²) in [4.78, 5) is 14.1. The number of hydrogen-bond donors (Lipinski definition) is 1. The van der Waals surface area contributed by atoms with Crippen LogP contribution < -0.4 is 5.32 Å². The molecule has 1 N–H and O–H groups in total. The predicted octanol–water partition coefficient (Wildman–Crippen LogP) is 2.45. The molecule has 0 spiro atoms. The number of anilines is 1. The Hall–Kier alpha value is -1.51. The fourth-order valence-corrected chi connectivity index (χ4v) is 2.39. The van der Waals surface area contributed by atoms with E-state index in [9.17, 15) is 4.79 Å². The lowest BCUT2D eigenvalue weighted by molar-refractivity contribution is -0.131. The van der Waals surface area contributed by atoms with Crippen molar-refractivity contribution in [2.75, 3.05) is 18.9 Å². The molecule has 1 heterocycles. The maximum atomic E-state index is 12.3. The van der Waals surface area contributed by atoms with Crippen LogP contribution in [-0.4, -0.2) is 30.4 Å². The minimum absolute atomic E-state index is 0.00685. The van der Waals surface area contributed by atoms with Crippen LogP contribution >= 0.6 is 0 Å². The Morgan fingerprint density at radius 1 is 1.47 bits per heavy atom. The minimum atomic E-state index is 0.00685. The molecule has 0 aromatic heterocycles. The first-order chi connectivity index (χ1) is 8.13. The third kappa shape index (κ3) is 2.28. The summed E-state index contributed by atoms with van der Waals surface area (Å²) in [5.41, 5.74) is 2.24. The summed E-state index contributed by atoms with van der Waals surface area (Å²) in [6.07, 6.45) is 0.875. The van der Waals surface area contributed by atoms with E-state index in [1.54, 1.807) is 4.90 Å². The van der Waals surface area contributed by atoms with Crippen LogP contribution in [-0.2, 0) is 4.79 Å². The van der Waals surface area contributed by atoms with Crippen molar-refractivity contribution in [3.8, 4) is 0 Å². The number of hydrogen-bond acceptors (Lipinski definition) is 2. The van der Waals surface area contributed by atoms with Gasteiger partial charge in [-0.3, -0.25) is 4.79 Å². The van der Waals surface area contributed by atoms with E-state index in [2.05, 4.69) is 24.4 Å². The summed E-state index contributed by atoms with van der Waals surface area (Å²) >= 11 is 0. The summed E-state index contributed by atoms with van der Waals surface area (Å²) in [7, 11) is 1.87. The van der Waals surface area contributed by atoms with Gasteiger partial charge in [0.1, 0.15) is 0 Å². The maximum Gasteiger partial charge on any atom is 0.230 e. The molecule has 0 saturated heterocycles. The van der Waals surface area contributed by atoms with Gasteiger partial charge < -0.3 is 10.2 Å². The Morgan fingerprint density at radius 2 is 2.18 bits per heavy atom. The Labute approximate surface area is 103 Å². The summed E-state index contributed by atoms with van der Waals surface area (Å²) in [6, 6.07) is 8.47. The van der Waals surface area contributed by atoms with Gasteiger partial charge in [0.25, 0.3) is 0 Å². The van der Waals surface area contributed by atoms with E-state index < -0.39 is 0 Å². The van der Waals surface area contributed by atoms with Crippen molar-refractivity contribution >= 4 is 11.6 Å². The zero-order valence-electron chi connectivity index (χ0n) is 10.7. The van der Waals surface area contributed by atoms with Gasteiger partial charge in [0.2, 0.25) is 5.91 Å². The third-order valence-electron chi connectivity index (χ3n) is 3.48. The summed E-state index contributed by atoms with van der Waals surface area (Å²) in [5.74, 6) is 0.237. The second-order valence-electron chi connectivity index (χ2n) is 4.77. The summed E-state index contributed by atoms with van der Waals surface area (Å²) < 4.78 is 0. The molecular weight excluding hydrogens is 212 g/mol. The van der Waals surface area contributed by atoms with Gasteiger partial charge in [0.15, 0.2) is 0 Å². The topological polar surface area (TPSA) is 32.3 Å². The van der Waals surface area contributed by atoms with Gasteiger partial charge in [-0.05, 0) is 31.9 Å². The summed E-state index contributed by atoms with van der Waals surface area (Å²) in [6.45, 7) is 4.90. The van der Waals surface area contributed by atoms with Crippen molar-refractivity contribution in [2.45, 2.75) is 32.2 Å². The molecule has 92 valence electrons. The van der Waals surface area contributed by atoms with Gasteiger partial charge in [-0.2, -0.15) is 0 Å². The highest BCUT2D eigenvalue weighted by molar-refractivity contribution is 5.86. The van der Waals surface area contributed by atoms with Crippen molar-refractivity contribution in [1.29, 1.82) is 0 Å². The van der Waals surface area contributed by atoms with Crippen molar-refractivity contribution in [1.82, 2.24) is 4.90 Å². The molecule has 0 radical (unpaired) electrons. The molecule has 3 heteroatoms. The van der Waals surface area contributed by atoms with E-state index in [4.69, 9.17) is 0 Å². The molecule has 0 fully saturated rings. The first kappa shape index (κ1) is 12.0. The van der Waals surface area contributed by atoms with Gasteiger partial charge in [0.05, 0.1) is 5.92 Å². The highest BCUT2D eigenvalue weighted by Gasteiger charge is 2.30. The average Bonchev–Trinajstić information content (AvgIpc) is 2.35. The Balaban J connectivity index is 2.32. The molecule has 2 unspecified atom stereocenters. The number of likely N-dealkylation sites (N-methyl/N-ethyl adjacent to an activating group) is 1. The number of carbonyl (C=O) groups is 1. The molecule has 3 nitrogen and oxygen atoms in total. The minimum Gasteiger partial charge on any atom is -0.382 e. The normalized spacial score (nSPS) is 22.5. The van der Waals surface area contributed by atoms with Crippen LogP contribution in [0.1, 0.15) is 31.7 Å². The van der Waals surface area contributed by atoms with Crippen LogP contribution in [0, 0.1) is 0 Å². The lowest BCUT2D eigenvalue weighted by atomic mass is 9.86. The quantitative estimate of drug-likeness (QED) is 0.849. The third-order valence-corrected chi connectivity index (χ3v) is 3.48. The van der Waals surface area contributed by atoms with E-state index >= 15 is 0 Å². The Kier molecular flexibility index (Phi) is 3.36. The Morgan fingerprint density at radius 3 is 2.88 bits per heavy atom. The number of fused-ring (bicyclic) bond motifs is 1. The van der Waals surface area contributed by atoms with E-state index in [1.165, 1.54) is 0 Å². The van der Waals surface area contributed by atoms with E-state index in [1.807, 2.05) is 26.1 Å². The number of para-hydroxylation sites is 1. The highest BCUT2D eigenvalue weighted by atomic mass is 16.2. The highest BCUT2D eigenvalue weighted by Crippen LogP contribution is 2.34. The zero-order valence-corrected chi connectivity index (χ0v) is 10.7. The lowest BCUT2D eigenvalue weighted by Gasteiger charge is -2.32. The van der Waals surface area contributed by atoms with Crippen LogP contribution in [0.15, 0.2) is 24.3 Å². The van der Waals surface area contributed by atoms with Crippen molar-refractivity contribution < 1.29 is 4.79 Å². The molecule has 1 amide bonds. The molecule has 1 aromatic rings. The molecule has 0 bridgehead atoms. The second kappa shape index (κ2) is 4.78. The molecule has 2 atom stereocenters. The number of nitrogens with one attached hydrogen (secondary N) is 1. The van der Waals surface area contributed by atoms with E-state index in [-0.39, 0.29) is 11.8 Å². The molecule has 0 aliphatic carbocycles. The number of carbonyl (C=O) groups excluding carboxylic acids is 1. The fourth-order valence-electron chi connectivity index (χ4n) is 2.39. The molecule has 17 heavy (non-hydrogen) atoms. The first-order valence-corrected chi connectivity index (χ1v) is 6.24. The maximum absolute atomic E-state index is 12.3. The predicted molar refractivity (Wildman–Crippen MR) is 70.2 cm³/mol. The number of rotatable bonds is 2. The average molecular weight is 232 g/mol. The molecule has 1 aromatic carbocycles. The second-order valence-corrected chi connectivity index (χ2v) is 4.77. The van der Waals surface area contributed by atoms with Crippen LogP contribution in [0.5, 0.6) is 0 Å². The van der Waals surface area contributed by atoms with Crippen LogP contribution in [0.4, 0.5) is 5.69 Å². The fraction of sp³-hybridized carbons (Fsp3) is 0.500. The van der Waals surface area contributed by atoms with E-state index in [0.717, 1.165) is 24.2 Å². The SMILES string of the molecule is CCN(C)C(=O)C1CC(C)Nc2ccccc21. The summed E-state index contributed by atoms with van der Waals surface area (Å²) in [5, 5.41) is 3.43. The largest absolute Gasteiger partial charge is 0.382 e. The zero-order chi connectivity index (χ0) is 12.4. The monoisotopic (exact) mass is 232 g/mol. The first-order valence-electron chi connectivity index (χ1n) is 6.24. The van der Waals surface area contributed by atoms with Crippen LogP contribution in [0.2, 0.25) is 0 Å².